The summed E-state index contributed by atoms with van der Waals surface area (Å²) in [6.07, 6.45) is 6.98. The zero-order chi connectivity index (χ0) is 13.8. The van der Waals surface area contributed by atoms with Crippen LogP contribution in [0.2, 0.25) is 0 Å². The summed E-state index contributed by atoms with van der Waals surface area (Å²) in [4.78, 5) is 4.36. The van der Waals surface area contributed by atoms with Crippen LogP contribution in [-0.2, 0) is 4.74 Å². The number of nitrogens with two attached hydrogens (primary N) is 1. The highest BCUT2D eigenvalue weighted by Crippen LogP contribution is 2.23. The summed E-state index contributed by atoms with van der Waals surface area (Å²) >= 11 is 0. The molecule has 0 saturated carbocycles. The lowest BCUT2D eigenvalue weighted by Crippen LogP contribution is -2.22. The van der Waals surface area contributed by atoms with Gasteiger partial charge in [-0.1, -0.05) is 0 Å². The minimum Gasteiger partial charge on any atom is -0.399 e. The molecule has 1 atom stereocenters. The van der Waals surface area contributed by atoms with Crippen LogP contribution in [0.1, 0.15) is 25.7 Å². The molecule has 106 valence electrons. The van der Waals surface area contributed by atoms with Gasteiger partial charge in [-0.2, -0.15) is 0 Å². The van der Waals surface area contributed by atoms with Crippen molar-refractivity contribution in [3.8, 4) is 0 Å². The number of benzene rings is 1. The first-order valence-electron chi connectivity index (χ1n) is 7.32. The average molecular weight is 271 g/mol. The topological polar surface area (TPSA) is 60.2 Å². The quantitative estimate of drug-likeness (QED) is 0.838. The molecule has 2 aromatic rings. The van der Waals surface area contributed by atoms with Gasteiger partial charge in [0.1, 0.15) is 0 Å². The largest absolute Gasteiger partial charge is 0.399 e. The molecule has 3 N–H and O–H groups in total. The average Bonchev–Trinajstić information content (AvgIpc) is 2.48. The van der Waals surface area contributed by atoms with Crippen LogP contribution >= 0.6 is 0 Å². The molecule has 4 nitrogen and oxygen atoms in total. The Morgan fingerprint density at radius 2 is 2.25 bits per heavy atom. The van der Waals surface area contributed by atoms with E-state index in [1.54, 1.807) is 0 Å². The van der Waals surface area contributed by atoms with Crippen molar-refractivity contribution in [1.82, 2.24) is 4.98 Å². The number of hydrogen-bond donors (Lipinski definition) is 2. The summed E-state index contributed by atoms with van der Waals surface area (Å²) in [7, 11) is 0. The van der Waals surface area contributed by atoms with Gasteiger partial charge in [-0.25, -0.2) is 0 Å². The van der Waals surface area contributed by atoms with Gasteiger partial charge in [0.2, 0.25) is 0 Å². The third-order valence-corrected chi connectivity index (χ3v) is 3.82. The Bertz CT molecular complexity index is 579. The van der Waals surface area contributed by atoms with E-state index >= 15 is 0 Å². The predicted molar refractivity (Wildman–Crippen MR) is 82.9 cm³/mol. The number of nitrogens with one attached hydrogen (secondary N) is 1. The van der Waals surface area contributed by atoms with Gasteiger partial charge in [0.25, 0.3) is 0 Å². The van der Waals surface area contributed by atoms with Crippen molar-refractivity contribution >= 4 is 22.3 Å². The van der Waals surface area contributed by atoms with Crippen LogP contribution in [0.5, 0.6) is 0 Å². The van der Waals surface area contributed by atoms with Crippen molar-refractivity contribution in [1.29, 1.82) is 0 Å². The summed E-state index contributed by atoms with van der Waals surface area (Å²) in [6, 6.07) is 7.86. The molecule has 0 bridgehead atoms. The van der Waals surface area contributed by atoms with Gasteiger partial charge in [-0.3, -0.25) is 4.98 Å². The molecule has 2 heterocycles. The van der Waals surface area contributed by atoms with Crippen molar-refractivity contribution in [2.24, 2.45) is 0 Å². The van der Waals surface area contributed by atoms with E-state index < -0.39 is 0 Å². The van der Waals surface area contributed by atoms with Gasteiger partial charge >= 0.3 is 0 Å². The van der Waals surface area contributed by atoms with E-state index in [1.165, 1.54) is 19.3 Å². The van der Waals surface area contributed by atoms with E-state index in [0.29, 0.717) is 6.10 Å². The van der Waals surface area contributed by atoms with Gasteiger partial charge in [-0.15, -0.1) is 0 Å². The summed E-state index contributed by atoms with van der Waals surface area (Å²) in [5, 5.41) is 4.61. The third-order valence-electron chi connectivity index (χ3n) is 3.82. The minimum absolute atomic E-state index is 0.417. The predicted octanol–water partition coefficient (Wildman–Crippen LogP) is 3.19. The molecule has 1 aromatic heterocycles. The second kappa shape index (κ2) is 6.09. The van der Waals surface area contributed by atoms with Crippen LogP contribution in [0.3, 0.4) is 0 Å². The number of pyridine rings is 1. The van der Waals surface area contributed by atoms with Crippen molar-refractivity contribution in [2.75, 3.05) is 24.2 Å². The molecule has 1 aromatic carbocycles. The van der Waals surface area contributed by atoms with Crippen molar-refractivity contribution in [3.05, 3.63) is 30.5 Å². The molecule has 4 heteroatoms. The highest BCUT2D eigenvalue weighted by molar-refractivity contribution is 5.92. The Morgan fingerprint density at radius 3 is 3.10 bits per heavy atom. The monoisotopic (exact) mass is 271 g/mol. The molecule has 1 saturated heterocycles. The molecule has 20 heavy (non-hydrogen) atoms. The fraction of sp³-hybridized carbons (Fsp3) is 0.438. The highest BCUT2D eigenvalue weighted by atomic mass is 16.5. The molecule has 0 spiro atoms. The van der Waals surface area contributed by atoms with E-state index in [9.17, 15) is 0 Å². The molecule has 0 aliphatic carbocycles. The Labute approximate surface area is 119 Å². The second-order valence-electron chi connectivity index (χ2n) is 5.34. The maximum atomic E-state index is 5.79. The van der Waals surface area contributed by atoms with E-state index in [2.05, 4.69) is 10.3 Å². The van der Waals surface area contributed by atoms with E-state index in [4.69, 9.17) is 10.5 Å². The number of ether oxygens (including phenoxy) is 1. The Hall–Kier alpha value is -1.81. The fourth-order valence-electron chi connectivity index (χ4n) is 2.72. The van der Waals surface area contributed by atoms with Gasteiger partial charge in [0, 0.05) is 36.1 Å². The molecular formula is C16H21N3O. The smallest absolute Gasteiger partial charge is 0.0743 e. The molecule has 1 fully saturated rings. The van der Waals surface area contributed by atoms with Crippen LogP contribution < -0.4 is 11.1 Å². The number of nitrogens with zero attached hydrogens (tertiary/aromatic N) is 1. The lowest BCUT2D eigenvalue weighted by atomic mass is 10.1. The minimum atomic E-state index is 0.417. The SMILES string of the molecule is Nc1ccc2c(NCCC3CCCCO3)ccnc2c1. The van der Waals surface area contributed by atoms with E-state index in [1.807, 2.05) is 30.5 Å². The standard InChI is InChI=1S/C16H21N3O/c17-12-4-5-14-15(7-9-19-16(14)11-12)18-8-6-13-3-1-2-10-20-13/h4-5,7,9,11,13H,1-3,6,8,10,17H2,(H,18,19). The number of aromatic nitrogens is 1. The molecule has 3 rings (SSSR count). The Kier molecular flexibility index (Phi) is 4.02. The first-order chi connectivity index (χ1) is 9.83. The summed E-state index contributed by atoms with van der Waals surface area (Å²) < 4.78 is 5.75. The van der Waals surface area contributed by atoms with Crippen molar-refractivity contribution in [2.45, 2.75) is 31.8 Å². The van der Waals surface area contributed by atoms with Crippen LogP contribution in [0.4, 0.5) is 11.4 Å². The number of anilines is 2. The zero-order valence-corrected chi connectivity index (χ0v) is 11.6. The van der Waals surface area contributed by atoms with Gasteiger partial charge in [-0.05, 0) is 49.9 Å². The van der Waals surface area contributed by atoms with Crippen LogP contribution in [0, 0.1) is 0 Å². The van der Waals surface area contributed by atoms with Crippen LogP contribution in [0.25, 0.3) is 10.9 Å². The maximum Gasteiger partial charge on any atom is 0.0743 e. The Balaban J connectivity index is 1.65. The fourth-order valence-corrected chi connectivity index (χ4v) is 2.72. The van der Waals surface area contributed by atoms with Crippen molar-refractivity contribution in [3.63, 3.8) is 0 Å². The Morgan fingerprint density at radius 1 is 1.30 bits per heavy atom. The highest BCUT2D eigenvalue weighted by Gasteiger charge is 2.13. The first-order valence-corrected chi connectivity index (χ1v) is 7.32. The van der Waals surface area contributed by atoms with Crippen LogP contribution in [0.15, 0.2) is 30.5 Å². The van der Waals surface area contributed by atoms with Gasteiger partial charge in [0.05, 0.1) is 11.6 Å². The molecule has 0 amide bonds. The number of rotatable bonds is 4. The van der Waals surface area contributed by atoms with Crippen molar-refractivity contribution < 1.29 is 4.74 Å². The lowest BCUT2D eigenvalue weighted by Gasteiger charge is -2.22. The molecule has 1 aliphatic heterocycles. The van der Waals surface area contributed by atoms with E-state index in [-0.39, 0.29) is 0 Å². The number of hydrogen-bond acceptors (Lipinski definition) is 4. The van der Waals surface area contributed by atoms with Crippen LogP contribution in [-0.4, -0.2) is 24.2 Å². The lowest BCUT2D eigenvalue weighted by molar-refractivity contribution is 0.0134. The summed E-state index contributed by atoms with van der Waals surface area (Å²) in [6.45, 7) is 1.84. The number of fused-ring (bicyclic) bond motifs is 1. The normalized spacial score (nSPS) is 19.1. The molecule has 0 radical (unpaired) electrons. The summed E-state index contributed by atoms with van der Waals surface area (Å²) in [5.41, 5.74) is 8.59. The second-order valence-corrected chi connectivity index (χ2v) is 5.34. The molecule has 1 unspecified atom stereocenters. The molecule has 1 aliphatic rings. The number of nitrogen functional groups attached to an aromatic ring is 1. The first kappa shape index (κ1) is 13.2. The van der Waals surface area contributed by atoms with Gasteiger partial charge < -0.3 is 15.8 Å². The molecular weight excluding hydrogens is 250 g/mol. The third kappa shape index (κ3) is 3.02. The van der Waals surface area contributed by atoms with E-state index in [0.717, 1.165) is 41.9 Å². The summed E-state index contributed by atoms with van der Waals surface area (Å²) in [5.74, 6) is 0. The zero-order valence-electron chi connectivity index (χ0n) is 11.6. The maximum absolute atomic E-state index is 5.79. The van der Waals surface area contributed by atoms with Gasteiger partial charge in [0.15, 0.2) is 0 Å².